The molecule has 0 aliphatic rings. The second-order valence-corrected chi connectivity index (χ2v) is 11.9. The van der Waals surface area contributed by atoms with Gasteiger partial charge in [0.15, 0.2) is 0 Å². The maximum atomic E-state index is 8.98. The maximum Gasteiger partial charge on any atom is 0.488 e. The molecule has 0 saturated heterocycles. The Morgan fingerprint density at radius 3 is 1.10 bits per heavy atom. The van der Waals surface area contributed by atoms with Crippen molar-refractivity contribution in [2.45, 2.75) is 83.1 Å². The van der Waals surface area contributed by atoms with Gasteiger partial charge in [0.05, 0.1) is 0 Å². The summed E-state index contributed by atoms with van der Waals surface area (Å²) in [4.78, 5) is 0. The Kier molecular flexibility index (Phi) is 12.0. The van der Waals surface area contributed by atoms with Gasteiger partial charge in [0, 0.05) is 4.47 Å². The third-order valence-electron chi connectivity index (χ3n) is 8.78. The Morgan fingerprint density at radius 2 is 0.725 bits per heavy atom. The molecule has 0 aromatic heterocycles. The topological polar surface area (TPSA) is 40.5 Å². The minimum atomic E-state index is -1.36. The number of hydrogen-bond donors (Lipinski definition) is 2. The van der Waals surface area contributed by atoms with E-state index in [0.717, 1.165) is 11.1 Å². The number of halogens is 1. The number of benzene rings is 4. The predicted octanol–water partition coefficient (Wildman–Crippen LogP) is 8.87. The van der Waals surface area contributed by atoms with Gasteiger partial charge >= 0.3 is 7.12 Å². The summed E-state index contributed by atoms with van der Waals surface area (Å²) >= 11 is 3.48. The van der Waals surface area contributed by atoms with Crippen LogP contribution in [0.5, 0.6) is 0 Å². The van der Waals surface area contributed by atoms with Crippen LogP contribution in [0.25, 0.3) is 11.1 Å². The van der Waals surface area contributed by atoms with E-state index in [-0.39, 0.29) is 0 Å². The molecule has 4 rings (SSSR count). The standard InChI is InChI=1S/C18H22.C9H13BO2.C9H11Br/c1-11-7-9-17(15(5)13(11)3)18-10-8-12(2)14(4)16(18)6;1-6-4-5-9(10(11)12)8(3)7(6)2;1-6-4-5-9(10)8(3)7(6)2/h7-10H,1-6H3;4-5,11-12H,1-3H3;4-5H,1-3H3. The van der Waals surface area contributed by atoms with E-state index in [2.05, 4.69) is 115 Å². The van der Waals surface area contributed by atoms with Gasteiger partial charge in [-0.05, 0) is 173 Å². The minimum absolute atomic E-state index is 0.595. The molecule has 4 heteroatoms. The first-order valence-corrected chi connectivity index (χ1v) is 14.7. The van der Waals surface area contributed by atoms with Crippen LogP contribution in [0.2, 0.25) is 0 Å². The van der Waals surface area contributed by atoms with Crippen molar-refractivity contribution >= 4 is 28.5 Å². The zero-order chi connectivity index (χ0) is 30.5. The highest BCUT2D eigenvalue weighted by Gasteiger charge is 2.15. The molecule has 2 N–H and O–H groups in total. The lowest BCUT2D eigenvalue weighted by molar-refractivity contribution is 0.425. The molecule has 40 heavy (non-hydrogen) atoms. The van der Waals surface area contributed by atoms with E-state index in [4.69, 9.17) is 10.0 Å². The lowest BCUT2D eigenvalue weighted by atomic mass is 9.75. The van der Waals surface area contributed by atoms with Crippen molar-refractivity contribution in [1.82, 2.24) is 0 Å². The highest BCUT2D eigenvalue weighted by molar-refractivity contribution is 9.10. The summed E-state index contributed by atoms with van der Waals surface area (Å²) in [6.45, 7) is 25.5. The molecular formula is C36H46BBrO2. The van der Waals surface area contributed by atoms with E-state index in [1.54, 1.807) is 6.07 Å². The van der Waals surface area contributed by atoms with Gasteiger partial charge in [-0.15, -0.1) is 0 Å². The number of aryl methyl sites for hydroxylation is 4. The number of hydrogen-bond acceptors (Lipinski definition) is 2. The molecule has 2 nitrogen and oxygen atoms in total. The predicted molar refractivity (Wildman–Crippen MR) is 179 cm³/mol. The highest BCUT2D eigenvalue weighted by Crippen LogP contribution is 2.32. The molecule has 0 bridgehead atoms. The molecule has 212 valence electrons. The molecule has 0 fully saturated rings. The first-order valence-electron chi connectivity index (χ1n) is 13.9. The Bertz CT molecular complexity index is 1420. The summed E-state index contributed by atoms with van der Waals surface area (Å²) < 4.78 is 1.20. The first-order chi connectivity index (χ1) is 18.6. The molecule has 0 radical (unpaired) electrons. The third-order valence-corrected chi connectivity index (χ3v) is 9.64. The lowest BCUT2D eigenvalue weighted by Crippen LogP contribution is -2.32. The van der Waals surface area contributed by atoms with Gasteiger partial charge in [-0.3, -0.25) is 0 Å². The van der Waals surface area contributed by atoms with Crippen molar-refractivity contribution < 1.29 is 10.0 Å². The van der Waals surface area contributed by atoms with E-state index in [9.17, 15) is 0 Å². The van der Waals surface area contributed by atoms with Crippen molar-refractivity contribution in [1.29, 1.82) is 0 Å². The highest BCUT2D eigenvalue weighted by atomic mass is 79.9. The van der Waals surface area contributed by atoms with Gasteiger partial charge in [0.25, 0.3) is 0 Å². The summed E-state index contributed by atoms with van der Waals surface area (Å²) in [6.07, 6.45) is 0. The largest absolute Gasteiger partial charge is 0.488 e. The van der Waals surface area contributed by atoms with E-state index in [1.807, 2.05) is 26.8 Å². The molecular weight excluding hydrogens is 555 g/mol. The van der Waals surface area contributed by atoms with Crippen LogP contribution in [-0.4, -0.2) is 17.2 Å². The zero-order valence-corrected chi connectivity index (χ0v) is 28.1. The van der Waals surface area contributed by atoms with Crippen molar-refractivity contribution in [3.63, 3.8) is 0 Å². The molecule has 0 heterocycles. The summed E-state index contributed by atoms with van der Waals surface area (Å²) in [5, 5.41) is 18.0. The fourth-order valence-electron chi connectivity index (χ4n) is 4.68. The molecule has 0 aliphatic carbocycles. The molecule has 0 saturated carbocycles. The fraction of sp³-hybridized carbons (Fsp3) is 0.333. The van der Waals surface area contributed by atoms with Crippen molar-refractivity contribution in [3.8, 4) is 11.1 Å². The van der Waals surface area contributed by atoms with E-state index < -0.39 is 7.12 Å². The van der Waals surface area contributed by atoms with Crippen molar-refractivity contribution in [2.24, 2.45) is 0 Å². The van der Waals surface area contributed by atoms with Crippen LogP contribution >= 0.6 is 15.9 Å². The monoisotopic (exact) mass is 600 g/mol. The van der Waals surface area contributed by atoms with Gasteiger partial charge in [-0.1, -0.05) is 58.4 Å². The fourth-order valence-corrected chi connectivity index (χ4v) is 5.11. The Hall–Kier alpha value is -2.66. The first kappa shape index (κ1) is 33.6. The zero-order valence-electron chi connectivity index (χ0n) is 26.5. The van der Waals surface area contributed by atoms with Crippen molar-refractivity contribution in [2.75, 3.05) is 0 Å². The molecule has 4 aromatic carbocycles. The Labute approximate surface area is 251 Å². The molecule has 0 spiro atoms. The van der Waals surface area contributed by atoms with Crippen LogP contribution in [0.15, 0.2) is 53.0 Å². The van der Waals surface area contributed by atoms with Crippen LogP contribution in [0, 0.1) is 83.1 Å². The average molecular weight is 601 g/mol. The van der Waals surface area contributed by atoms with Crippen LogP contribution < -0.4 is 5.46 Å². The Morgan fingerprint density at radius 1 is 0.400 bits per heavy atom. The molecule has 4 aromatic rings. The van der Waals surface area contributed by atoms with Crippen molar-refractivity contribution in [3.05, 3.63) is 120 Å². The van der Waals surface area contributed by atoms with E-state index in [1.165, 1.54) is 71.2 Å². The third kappa shape index (κ3) is 7.75. The summed E-state index contributed by atoms with van der Waals surface area (Å²) in [7, 11) is -1.36. The SMILES string of the molecule is Cc1ccc(-c2ccc(C)c(C)c2C)c(C)c1C.Cc1ccc(B(O)O)c(C)c1C.Cc1ccc(Br)c(C)c1C. The summed E-state index contributed by atoms with van der Waals surface area (Å²) in [6, 6.07) is 16.9. The number of rotatable bonds is 2. The van der Waals surface area contributed by atoms with E-state index >= 15 is 0 Å². The van der Waals surface area contributed by atoms with Crippen LogP contribution in [-0.2, 0) is 0 Å². The molecule has 0 amide bonds. The quantitative estimate of drug-likeness (QED) is 0.226. The van der Waals surface area contributed by atoms with Gasteiger partial charge in [0.1, 0.15) is 0 Å². The van der Waals surface area contributed by atoms with E-state index in [0.29, 0.717) is 5.46 Å². The lowest BCUT2D eigenvalue weighted by Gasteiger charge is -2.16. The van der Waals surface area contributed by atoms with Crippen LogP contribution in [0.4, 0.5) is 0 Å². The second kappa shape index (κ2) is 14.3. The van der Waals surface area contributed by atoms with Crippen LogP contribution in [0.3, 0.4) is 0 Å². The van der Waals surface area contributed by atoms with Crippen LogP contribution in [0.1, 0.15) is 66.8 Å². The average Bonchev–Trinajstić information content (AvgIpc) is 2.91. The smallest absolute Gasteiger partial charge is 0.423 e. The molecule has 0 unspecified atom stereocenters. The molecule has 0 atom stereocenters. The normalized spacial score (nSPS) is 10.4. The maximum absolute atomic E-state index is 8.98. The second-order valence-electron chi connectivity index (χ2n) is 11.1. The van der Waals surface area contributed by atoms with Gasteiger partial charge in [-0.25, -0.2) is 0 Å². The van der Waals surface area contributed by atoms with Gasteiger partial charge in [0.2, 0.25) is 0 Å². The summed E-state index contributed by atoms with van der Waals surface area (Å²) in [5.74, 6) is 0. The molecule has 0 aliphatic heterocycles. The summed E-state index contributed by atoms with van der Waals surface area (Å²) in [5.41, 5.74) is 19.1. The van der Waals surface area contributed by atoms with Gasteiger partial charge < -0.3 is 10.0 Å². The Balaban J connectivity index is 0.000000222. The van der Waals surface area contributed by atoms with Gasteiger partial charge in [-0.2, -0.15) is 0 Å². The minimum Gasteiger partial charge on any atom is -0.423 e.